The molecule has 2 aliphatic heterocycles. The molecular weight excluding hydrogens is 653 g/mol. The number of benzene rings is 4. The summed E-state index contributed by atoms with van der Waals surface area (Å²) < 4.78 is 37.3. The molecule has 0 spiro atoms. The number of piperidine rings is 1. The SMILES string of the molecule is COc1ccc(C2CCN(c3c(F)cc(N4[C@@H](c5ccc(Cl)c([N+](=O)[O-])c5)CC[C@@H]4c4ccc(Cl)c([N+](=O)[O-])c4)cc3F)CC2)cc1. The molecule has 0 bridgehead atoms. The van der Waals surface area contributed by atoms with Crippen molar-refractivity contribution in [2.24, 2.45) is 0 Å². The molecule has 0 aromatic heterocycles. The van der Waals surface area contributed by atoms with Crippen molar-refractivity contribution in [2.75, 3.05) is 30.0 Å². The van der Waals surface area contributed by atoms with Gasteiger partial charge in [0.15, 0.2) is 11.6 Å². The number of nitro benzene ring substituents is 2. The van der Waals surface area contributed by atoms with E-state index in [1.807, 2.05) is 24.3 Å². The van der Waals surface area contributed by atoms with Gasteiger partial charge in [0.1, 0.15) is 21.5 Å². The Bertz CT molecular complexity index is 1740. The highest BCUT2D eigenvalue weighted by Crippen LogP contribution is 2.49. The van der Waals surface area contributed by atoms with Gasteiger partial charge in [-0.15, -0.1) is 0 Å². The quantitative estimate of drug-likeness (QED) is 0.135. The highest BCUT2D eigenvalue weighted by Gasteiger charge is 2.38. The lowest BCUT2D eigenvalue weighted by atomic mass is 9.89. The van der Waals surface area contributed by atoms with Gasteiger partial charge in [0.2, 0.25) is 0 Å². The highest BCUT2D eigenvalue weighted by atomic mass is 35.5. The molecule has 2 heterocycles. The predicted molar refractivity (Wildman–Crippen MR) is 177 cm³/mol. The summed E-state index contributed by atoms with van der Waals surface area (Å²) in [5.74, 6) is -0.463. The van der Waals surface area contributed by atoms with Gasteiger partial charge in [0.05, 0.1) is 29.0 Å². The van der Waals surface area contributed by atoms with Crippen molar-refractivity contribution in [1.29, 1.82) is 0 Å². The first kappa shape index (κ1) is 32.5. The van der Waals surface area contributed by atoms with Gasteiger partial charge in [-0.3, -0.25) is 20.2 Å². The van der Waals surface area contributed by atoms with E-state index in [1.54, 1.807) is 29.0 Å². The van der Waals surface area contributed by atoms with Crippen LogP contribution in [0, 0.1) is 31.9 Å². The molecule has 6 rings (SSSR count). The van der Waals surface area contributed by atoms with Crippen LogP contribution in [0.1, 0.15) is 60.4 Å². The van der Waals surface area contributed by atoms with Gasteiger partial charge in [0.25, 0.3) is 11.4 Å². The van der Waals surface area contributed by atoms with Crippen LogP contribution in [0.4, 0.5) is 31.5 Å². The molecule has 0 N–H and O–H groups in total. The molecular formula is C34H30Cl2F2N4O5. The normalized spacial score (nSPS) is 18.4. The van der Waals surface area contributed by atoms with Gasteiger partial charge >= 0.3 is 0 Å². The molecule has 0 aliphatic carbocycles. The van der Waals surface area contributed by atoms with Crippen LogP contribution in [0.3, 0.4) is 0 Å². The predicted octanol–water partition coefficient (Wildman–Crippen LogP) is 9.56. The monoisotopic (exact) mass is 682 g/mol. The number of nitrogens with zero attached hydrogens (tertiary/aromatic N) is 4. The molecule has 2 atom stereocenters. The Balaban J connectivity index is 1.34. The van der Waals surface area contributed by atoms with E-state index in [9.17, 15) is 20.2 Å². The summed E-state index contributed by atoms with van der Waals surface area (Å²) in [5.41, 5.74) is 1.71. The Hall–Kier alpha value is -4.48. The molecule has 0 unspecified atom stereocenters. The lowest BCUT2D eigenvalue weighted by Gasteiger charge is -2.36. The molecule has 2 fully saturated rings. The minimum Gasteiger partial charge on any atom is -0.497 e. The second-order valence-corrected chi connectivity index (χ2v) is 12.6. The maximum Gasteiger partial charge on any atom is 0.288 e. The lowest BCUT2D eigenvalue weighted by Crippen LogP contribution is -2.34. The second kappa shape index (κ2) is 13.3. The first-order valence-electron chi connectivity index (χ1n) is 15.1. The van der Waals surface area contributed by atoms with Crippen LogP contribution in [0.5, 0.6) is 5.75 Å². The molecule has 13 heteroatoms. The number of anilines is 2. The van der Waals surface area contributed by atoms with Crippen molar-refractivity contribution in [1.82, 2.24) is 0 Å². The maximum absolute atomic E-state index is 16.0. The Morgan fingerprint density at radius 1 is 0.723 bits per heavy atom. The number of rotatable bonds is 8. The van der Waals surface area contributed by atoms with E-state index in [0.29, 0.717) is 49.9 Å². The Kier molecular flexibility index (Phi) is 9.20. The van der Waals surface area contributed by atoms with Gasteiger partial charge < -0.3 is 14.5 Å². The third kappa shape index (κ3) is 6.42. The zero-order valence-electron chi connectivity index (χ0n) is 25.2. The van der Waals surface area contributed by atoms with Crippen molar-refractivity contribution < 1.29 is 23.4 Å². The maximum atomic E-state index is 16.0. The number of methoxy groups -OCH3 is 1. The van der Waals surface area contributed by atoms with E-state index in [2.05, 4.69) is 0 Å². The van der Waals surface area contributed by atoms with Crippen molar-refractivity contribution in [3.63, 3.8) is 0 Å². The van der Waals surface area contributed by atoms with Crippen LogP contribution in [-0.2, 0) is 0 Å². The zero-order chi connectivity index (χ0) is 33.4. The van der Waals surface area contributed by atoms with Gasteiger partial charge in [-0.1, -0.05) is 47.5 Å². The van der Waals surface area contributed by atoms with E-state index in [1.165, 1.54) is 36.4 Å². The minimum absolute atomic E-state index is 0.0367. The summed E-state index contributed by atoms with van der Waals surface area (Å²) in [7, 11) is 1.61. The number of halogens is 4. The number of hydrogen-bond acceptors (Lipinski definition) is 7. The summed E-state index contributed by atoms with van der Waals surface area (Å²) in [5, 5.41) is 23.3. The van der Waals surface area contributed by atoms with Gasteiger partial charge in [0, 0.05) is 30.9 Å². The molecule has 4 aromatic carbocycles. The third-order valence-corrected chi connectivity index (χ3v) is 9.83. The largest absolute Gasteiger partial charge is 0.497 e. The molecule has 0 radical (unpaired) electrons. The van der Waals surface area contributed by atoms with Crippen molar-refractivity contribution in [3.05, 3.63) is 131 Å². The van der Waals surface area contributed by atoms with E-state index in [-0.39, 0.29) is 38.7 Å². The topological polar surface area (TPSA) is 102 Å². The summed E-state index contributed by atoms with van der Waals surface area (Å²) in [6.45, 7) is 0.920. The smallest absolute Gasteiger partial charge is 0.288 e. The summed E-state index contributed by atoms with van der Waals surface area (Å²) in [4.78, 5) is 25.7. The average molecular weight is 684 g/mol. The first-order valence-corrected chi connectivity index (χ1v) is 15.8. The summed E-state index contributed by atoms with van der Waals surface area (Å²) in [6, 6.07) is 18.2. The van der Waals surface area contributed by atoms with E-state index >= 15 is 8.78 Å². The van der Waals surface area contributed by atoms with Gasteiger partial charge in [-0.25, -0.2) is 8.78 Å². The Morgan fingerprint density at radius 2 is 1.19 bits per heavy atom. The fraction of sp³-hybridized carbons (Fsp3) is 0.294. The molecule has 0 amide bonds. The minimum atomic E-state index is -0.739. The van der Waals surface area contributed by atoms with Crippen LogP contribution in [0.2, 0.25) is 10.0 Å². The van der Waals surface area contributed by atoms with Gasteiger partial charge in [-0.2, -0.15) is 0 Å². The van der Waals surface area contributed by atoms with Crippen LogP contribution in [-0.4, -0.2) is 30.0 Å². The Morgan fingerprint density at radius 3 is 1.64 bits per heavy atom. The molecule has 2 aliphatic rings. The third-order valence-electron chi connectivity index (χ3n) is 9.19. The van der Waals surface area contributed by atoms with E-state index < -0.39 is 33.6 Å². The fourth-order valence-corrected chi connectivity index (χ4v) is 7.27. The molecule has 4 aromatic rings. The fourth-order valence-electron chi connectivity index (χ4n) is 6.90. The number of hydrogen-bond donors (Lipinski definition) is 0. The van der Waals surface area contributed by atoms with Crippen LogP contribution in [0.25, 0.3) is 0 Å². The summed E-state index contributed by atoms with van der Waals surface area (Å²) >= 11 is 12.2. The molecule has 244 valence electrons. The van der Waals surface area contributed by atoms with Crippen LogP contribution >= 0.6 is 23.2 Å². The van der Waals surface area contributed by atoms with E-state index in [0.717, 1.165) is 11.3 Å². The van der Waals surface area contributed by atoms with Crippen molar-refractivity contribution in [2.45, 2.75) is 43.7 Å². The standard InChI is InChI=1S/C34H30Cl2F2N4O5/c1-47-25-6-2-20(3-7-25)21-12-14-39(15-13-21)34-28(37)18-24(19-29(34)38)40-30(22-4-8-26(35)32(16-22)41(43)44)10-11-31(40)23-5-9-27(36)33(17-23)42(45)46/h2-9,16-19,21,30-31H,10-15H2,1H3/t30-,31-/m1/s1. The van der Waals surface area contributed by atoms with Crippen LogP contribution in [0.15, 0.2) is 72.8 Å². The average Bonchev–Trinajstić information content (AvgIpc) is 3.50. The second-order valence-electron chi connectivity index (χ2n) is 11.7. The molecule has 9 nitrogen and oxygen atoms in total. The van der Waals surface area contributed by atoms with Crippen molar-refractivity contribution in [3.8, 4) is 5.75 Å². The first-order chi connectivity index (χ1) is 22.5. The van der Waals surface area contributed by atoms with Crippen LogP contribution < -0.4 is 14.5 Å². The zero-order valence-corrected chi connectivity index (χ0v) is 26.8. The lowest BCUT2D eigenvalue weighted by molar-refractivity contribution is -0.384. The molecule has 47 heavy (non-hydrogen) atoms. The number of nitro groups is 2. The molecule has 0 saturated carbocycles. The van der Waals surface area contributed by atoms with Crippen molar-refractivity contribution >= 4 is 46.0 Å². The van der Waals surface area contributed by atoms with Gasteiger partial charge in [-0.05, 0) is 84.7 Å². The number of ether oxygens (including phenoxy) is 1. The molecule has 2 saturated heterocycles. The Labute approximate surface area is 279 Å². The van der Waals surface area contributed by atoms with E-state index in [4.69, 9.17) is 27.9 Å². The summed E-state index contributed by atoms with van der Waals surface area (Å²) in [6.07, 6.45) is 2.33. The highest BCUT2D eigenvalue weighted by molar-refractivity contribution is 6.33.